The fourth-order valence-corrected chi connectivity index (χ4v) is 2.46. The van der Waals surface area contributed by atoms with Crippen molar-refractivity contribution in [3.8, 4) is 11.7 Å². The van der Waals surface area contributed by atoms with Crippen LogP contribution in [-0.2, 0) is 4.74 Å². The minimum Gasteiger partial charge on any atom is -0.462 e. The molecular weight excluding hydrogens is 294 g/mol. The summed E-state index contributed by atoms with van der Waals surface area (Å²) in [5.74, 6) is 0.569. The second-order valence-electron chi connectivity index (χ2n) is 5.07. The van der Waals surface area contributed by atoms with Gasteiger partial charge in [-0.2, -0.15) is 0 Å². The fourth-order valence-electron chi connectivity index (χ4n) is 2.46. The van der Waals surface area contributed by atoms with Gasteiger partial charge in [0.15, 0.2) is 11.3 Å². The van der Waals surface area contributed by atoms with Crippen LogP contribution in [0.3, 0.4) is 0 Å². The van der Waals surface area contributed by atoms with E-state index in [2.05, 4.69) is 4.98 Å². The number of benzene rings is 2. The maximum absolute atomic E-state index is 11.8. The maximum atomic E-state index is 11.8. The molecule has 0 aliphatic heterocycles. The average Bonchev–Trinajstić information content (AvgIpc) is 3.17. The second-order valence-corrected chi connectivity index (χ2v) is 5.07. The Labute approximate surface area is 131 Å². The summed E-state index contributed by atoms with van der Waals surface area (Å²) in [5, 5.41) is 0.983. The number of rotatable bonds is 3. The Morgan fingerprint density at radius 2 is 1.96 bits per heavy atom. The van der Waals surface area contributed by atoms with Crippen LogP contribution < -0.4 is 0 Å². The molecule has 2 aromatic carbocycles. The Balaban J connectivity index is 1.77. The smallest absolute Gasteiger partial charge is 0.338 e. The summed E-state index contributed by atoms with van der Waals surface area (Å²) >= 11 is 0. The van der Waals surface area contributed by atoms with Crippen LogP contribution in [0, 0.1) is 0 Å². The second kappa shape index (κ2) is 5.28. The predicted molar refractivity (Wildman–Crippen MR) is 85.2 cm³/mol. The van der Waals surface area contributed by atoms with Crippen LogP contribution in [0.2, 0.25) is 0 Å². The predicted octanol–water partition coefficient (Wildman–Crippen LogP) is 4.42. The SMILES string of the molecule is CCOC(=O)c1ccc2oc(-c3cc4ccccc4o3)nc2c1. The summed E-state index contributed by atoms with van der Waals surface area (Å²) in [7, 11) is 0. The molecule has 0 fully saturated rings. The van der Waals surface area contributed by atoms with E-state index in [-0.39, 0.29) is 5.97 Å². The largest absolute Gasteiger partial charge is 0.462 e. The molecule has 2 heterocycles. The molecule has 2 aromatic heterocycles. The molecule has 0 N–H and O–H groups in total. The topological polar surface area (TPSA) is 65.5 Å². The molecule has 5 nitrogen and oxygen atoms in total. The van der Waals surface area contributed by atoms with Crippen molar-refractivity contribution in [3.05, 3.63) is 54.1 Å². The van der Waals surface area contributed by atoms with Gasteiger partial charge < -0.3 is 13.6 Å². The van der Waals surface area contributed by atoms with Crippen molar-refractivity contribution in [1.82, 2.24) is 4.98 Å². The number of hydrogen-bond donors (Lipinski definition) is 0. The molecule has 0 spiro atoms. The molecule has 0 aliphatic rings. The zero-order valence-electron chi connectivity index (χ0n) is 12.4. The number of hydrogen-bond acceptors (Lipinski definition) is 5. The number of nitrogens with zero attached hydrogens (tertiary/aromatic N) is 1. The third-order valence-electron chi connectivity index (χ3n) is 3.54. The van der Waals surface area contributed by atoms with Gasteiger partial charge in [-0.25, -0.2) is 9.78 Å². The van der Waals surface area contributed by atoms with Gasteiger partial charge in [-0.3, -0.25) is 0 Å². The molecular formula is C18H13NO4. The van der Waals surface area contributed by atoms with Crippen LogP contribution >= 0.6 is 0 Å². The molecule has 0 saturated carbocycles. The van der Waals surface area contributed by atoms with Gasteiger partial charge in [-0.1, -0.05) is 18.2 Å². The Bertz CT molecular complexity index is 979. The van der Waals surface area contributed by atoms with Gasteiger partial charge in [0.05, 0.1) is 12.2 Å². The summed E-state index contributed by atoms with van der Waals surface area (Å²) in [6.45, 7) is 2.10. The van der Waals surface area contributed by atoms with Gasteiger partial charge in [-0.05, 0) is 37.3 Å². The van der Waals surface area contributed by atoms with Gasteiger partial charge in [0.2, 0.25) is 0 Å². The van der Waals surface area contributed by atoms with Crippen molar-refractivity contribution in [2.24, 2.45) is 0 Å². The van der Waals surface area contributed by atoms with Crippen LogP contribution in [-0.4, -0.2) is 17.6 Å². The molecule has 0 aliphatic carbocycles. The number of carbonyl (C=O) groups is 1. The van der Waals surface area contributed by atoms with Gasteiger partial charge >= 0.3 is 5.97 Å². The number of esters is 1. The van der Waals surface area contributed by atoms with Crippen molar-refractivity contribution >= 4 is 28.0 Å². The van der Waals surface area contributed by atoms with E-state index in [0.717, 1.165) is 11.0 Å². The molecule has 23 heavy (non-hydrogen) atoms. The first-order valence-electron chi connectivity index (χ1n) is 7.31. The van der Waals surface area contributed by atoms with Gasteiger partial charge in [0.1, 0.15) is 11.1 Å². The molecule has 0 atom stereocenters. The Hall–Kier alpha value is -3.08. The van der Waals surface area contributed by atoms with Crippen LogP contribution in [0.25, 0.3) is 33.7 Å². The molecule has 4 rings (SSSR count). The first kappa shape index (κ1) is 13.6. The number of ether oxygens (including phenoxy) is 1. The molecule has 0 saturated heterocycles. The quantitative estimate of drug-likeness (QED) is 0.524. The number of oxazole rings is 1. The van der Waals surface area contributed by atoms with Gasteiger partial charge in [-0.15, -0.1) is 0 Å². The van der Waals surface area contributed by atoms with E-state index < -0.39 is 0 Å². The van der Waals surface area contributed by atoms with E-state index in [1.165, 1.54) is 0 Å². The van der Waals surface area contributed by atoms with Crippen LogP contribution in [0.15, 0.2) is 57.4 Å². The number of aromatic nitrogens is 1. The number of furan rings is 1. The summed E-state index contributed by atoms with van der Waals surface area (Å²) in [5.41, 5.74) is 2.40. The van der Waals surface area contributed by atoms with E-state index in [1.807, 2.05) is 30.3 Å². The van der Waals surface area contributed by atoms with E-state index in [4.69, 9.17) is 13.6 Å². The Morgan fingerprint density at radius 1 is 1.09 bits per heavy atom. The lowest BCUT2D eigenvalue weighted by molar-refractivity contribution is 0.0526. The van der Waals surface area contributed by atoms with Crippen molar-refractivity contribution in [3.63, 3.8) is 0 Å². The number of carbonyl (C=O) groups excluding carboxylic acids is 1. The lowest BCUT2D eigenvalue weighted by atomic mass is 10.2. The number of fused-ring (bicyclic) bond motifs is 2. The van der Waals surface area contributed by atoms with Gasteiger partial charge in [0.25, 0.3) is 5.89 Å². The lowest BCUT2D eigenvalue weighted by Gasteiger charge is -2.00. The summed E-state index contributed by atoms with van der Waals surface area (Å²) < 4.78 is 16.5. The third-order valence-corrected chi connectivity index (χ3v) is 3.54. The highest BCUT2D eigenvalue weighted by molar-refractivity contribution is 5.93. The third kappa shape index (κ3) is 2.36. The summed E-state index contributed by atoms with van der Waals surface area (Å²) in [6.07, 6.45) is 0. The highest BCUT2D eigenvalue weighted by Crippen LogP contribution is 2.30. The molecule has 5 heteroatoms. The van der Waals surface area contributed by atoms with E-state index >= 15 is 0 Å². The molecule has 0 radical (unpaired) electrons. The van der Waals surface area contributed by atoms with Crippen molar-refractivity contribution in [1.29, 1.82) is 0 Å². The van der Waals surface area contributed by atoms with Crippen LogP contribution in [0.5, 0.6) is 0 Å². The van der Waals surface area contributed by atoms with Crippen LogP contribution in [0.4, 0.5) is 0 Å². The van der Waals surface area contributed by atoms with Gasteiger partial charge in [0, 0.05) is 5.39 Å². The average molecular weight is 307 g/mol. The highest BCUT2D eigenvalue weighted by atomic mass is 16.5. The van der Waals surface area contributed by atoms with Crippen molar-refractivity contribution in [2.45, 2.75) is 6.92 Å². The molecule has 0 amide bonds. The summed E-state index contributed by atoms with van der Waals surface area (Å²) in [4.78, 5) is 16.2. The zero-order valence-corrected chi connectivity index (χ0v) is 12.4. The zero-order chi connectivity index (χ0) is 15.8. The minimum atomic E-state index is -0.373. The monoisotopic (exact) mass is 307 g/mol. The Morgan fingerprint density at radius 3 is 2.78 bits per heavy atom. The number of para-hydroxylation sites is 1. The standard InChI is InChI=1S/C18H13NO4/c1-2-21-18(20)12-7-8-15-13(9-12)19-17(23-15)16-10-11-5-3-4-6-14(11)22-16/h3-10H,2H2,1H3. The molecule has 114 valence electrons. The van der Waals surface area contributed by atoms with Crippen LogP contribution in [0.1, 0.15) is 17.3 Å². The van der Waals surface area contributed by atoms with Crippen molar-refractivity contribution in [2.75, 3.05) is 6.61 Å². The maximum Gasteiger partial charge on any atom is 0.338 e. The van der Waals surface area contributed by atoms with Crippen molar-refractivity contribution < 1.29 is 18.4 Å². The minimum absolute atomic E-state index is 0.333. The molecule has 0 unspecified atom stereocenters. The highest BCUT2D eigenvalue weighted by Gasteiger charge is 2.15. The van der Waals surface area contributed by atoms with E-state index in [1.54, 1.807) is 25.1 Å². The Kier molecular flexibility index (Phi) is 3.12. The first-order chi connectivity index (χ1) is 11.2. The molecule has 0 bridgehead atoms. The fraction of sp³-hybridized carbons (Fsp3) is 0.111. The normalized spacial score (nSPS) is 11.2. The first-order valence-corrected chi connectivity index (χ1v) is 7.31. The van der Waals surface area contributed by atoms with E-state index in [9.17, 15) is 4.79 Å². The molecule has 4 aromatic rings. The summed E-state index contributed by atoms with van der Waals surface area (Å²) in [6, 6.07) is 14.6. The lowest BCUT2D eigenvalue weighted by Crippen LogP contribution is -2.03. The van der Waals surface area contributed by atoms with E-state index in [0.29, 0.717) is 34.9 Å².